The Morgan fingerprint density at radius 2 is 1.82 bits per heavy atom. The number of aryl methyl sites for hydroxylation is 1. The first-order valence-corrected chi connectivity index (χ1v) is 6.67. The maximum Gasteiger partial charge on any atom is 0.107 e. The van der Waals surface area contributed by atoms with E-state index in [4.69, 9.17) is 0 Å². The summed E-state index contributed by atoms with van der Waals surface area (Å²) in [6.45, 7) is 1.95. The van der Waals surface area contributed by atoms with Crippen LogP contribution in [0.4, 0.5) is 0 Å². The molecule has 2 rings (SSSR count). The van der Waals surface area contributed by atoms with Crippen LogP contribution in [0.2, 0.25) is 0 Å². The maximum atomic E-state index is 10.2. The van der Waals surface area contributed by atoms with Crippen LogP contribution < -0.4 is 0 Å². The molecule has 2 unspecified atom stereocenters. The van der Waals surface area contributed by atoms with E-state index in [1.54, 1.807) is 0 Å². The largest absolute Gasteiger partial charge is 0.389 e. The Morgan fingerprint density at radius 1 is 1.12 bits per heavy atom. The number of alkyl halides is 1. The van der Waals surface area contributed by atoms with Crippen molar-refractivity contribution in [3.63, 3.8) is 0 Å². The highest BCUT2D eigenvalue weighted by Gasteiger charge is 2.20. The zero-order valence-electron chi connectivity index (χ0n) is 9.60. The molecule has 3 heteroatoms. The molecule has 2 nitrogen and oxygen atoms in total. The van der Waals surface area contributed by atoms with Crippen molar-refractivity contribution in [2.45, 2.75) is 19.1 Å². The van der Waals surface area contributed by atoms with Crippen molar-refractivity contribution >= 4 is 26.7 Å². The fraction of sp³-hybridized carbons (Fsp3) is 0.286. The second kappa shape index (κ2) is 5.17. The first-order chi connectivity index (χ1) is 8.15. The van der Waals surface area contributed by atoms with Gasteiger partial charge in [-0.15, -0.1) is 0 Å². The monoisotopic (exact) mass is 294 g/mol. The van der Waals surface area contributed by atoms with E-state index < -0.39 is 12.2 Å². The Balaban J connectivity index is 2.62. The van der Waals surface area contributed by atoms with Crippen LogP contribution in [0.5, 0.6) is 0 Å². The minimum absolute atomic E-state index is 0.358. The summed E-state index contributed by atoms with van der Waals surface area (Å²) in [6.07, 6.45) is -1.65. The van der Waals surface area contributed by atoms with Crippen LogP contribution in [-0.2, 0) is 0 Å². The predicted molar refractivity (Wildman–Crippen MR) is 73.4 cm³/mol. The summed E-state index contributed by atoms with van der Waals surface area (Å²) >= 11 is 3.19. The number of aliphatic hydroxyl groups excluding tert-OH is 2. The molecule has 0 radical (unpaired) electrons. The Hall–Kier alpha value is -0.900. The smallest absolute Gasteiger partial charge is 0.107 e. The number of aliphatic hydroxyl groups is 2. The molecule has 0 fully saturated rings. The lowest BCUT2D eigenvalue weighted by molar-refractivity contribution is 0.0348. The second-order valence-electron chi connectivity index (χ2n) is 4.18. The van der Waals surface area contributed by atoms with Crippen molar-refractivity contribution in [1.29, 1.82) is 0 Å². The van der Waals surface area contributed by atoms with Crippen molar-refractivity contribution in [1.82, 2.24) is 0 Å². The molecule has 0 aliphatic carbocycles. The molecule has 2 aromatic carbocycles. The van der Waals surface area contributed by atoms with E-state index >= 15 is 0 Å². The summed E-state index contributed by atoms with van der Waals surface area (Å²) in [7, 11) is 0. The number of hydrogen-bond donors (Lipinski definition) is 2. The Labute approximate surface area is 109 Å². The van der Waals surface area contributed by atoms with Gasteiger partial charge in [-0.1, -0.05) is 52.3 Å². The molecule has 90 valence electrons. The average molecular weight is 295 g/mol. The van der Waals surface area contributed by atoms with Gasteiger partial charge in [-0.2, -0.15) is 0 Å². The molecular formula is C14H15BrO2. The number of rotatable bonds is 3. The van der Waals surface area contributed by atoms with Gasteiger partial charge < -0.3 is 10.2 Å². The summed E-state index contributed by atoms with van der Waals surface area (Å²) in [5.74, 6) is 0. The van der Waals surface area contributed by atoms with Gasteiger partial charge in [0.15, 0.2) is 0 Å². The molecule has 2 atom stereocenters. The number of halogens is 1. The minimum atomic E-state index is -0.861. The molecule has 0 saturated heterocycles. The lowest BCUT2D eigenvalue weighted by atomic mass is 9.93. The fourth-order valence-electron chi connectivity index (χ4n) is 2.07. The van der Waals surface area contributed by atoms with Gasteiger partial charge in [0.25, 0.3) is 0 Å². The summed E-state index contributed by atoms with van der Waals surface area (Å²) in [5.41, 5.74) is 1.81. The van der Waals surface area contributed by atoms with Crippen molar-refractivity contribution in [2.24, 2.45) is 0 Å². The summed E-state index contributed by atoms with van der Waals surface area (Å²) < 4.78 is 0. The van der Waals surface area contributed by atoms with Crippen molar-refractivity contribution in [3.8, 4) is 0 Å². The van der Waals surface area contributed by atoms with Crippen molar-refractivity contribution in [2.75, 3.05) is 5.33 Å². The zero-order valence-corrected chi connectivity index (χ0v) is 11.2. The SMILES string of the molecule is Cc1ccc2ccccc2c1C(O)C(O)CBr. The molecule has 17 heavy (non-hydrogen) atoms. The topological polar surface area (TPSA) is 40.5 Å². The summed E-state index contributed by atoms with van der Waals surface area (Å²) in [6, 6.07) is 11.9. The van der Waals surface area contributed by atoms with E-state index in [1.165, 1.54) is 0 Å². The summed E-state index contributed by atoms with van der Waals surface area (Å²) in [5, 5.41) is 22.4. The third-order valence-electron chi connectivity index (χ3n) is 3.01. The highest BCUT2D eigenvalue weighted by molar-refractivity contribution is 9.09. The van der Waals surface area contributed by atoms with Gasteiger partial charge in [-0.25, -0.2) is 0 Å². The van der Waals surface area contributed by atoms with Gasteiger partial charge >= 0.3 is 0 Å². The molecule has 0 spiro atoms. The standard InChI is InChI=1S/C14H15BrO2/c1-9-6-7-10-4-2-3-5-11(10)13(9)14(17)12(16)8-15/h2-7,12,14,16-17H,8H2,1H3. The zero-order chi connectivity index (χ0) is 12.4. The van der Waals surface area contributed by atoms with Crippen LogP contribution >= 0.6 is 15.9 Å². The minimum Gasteiger partial charge on any atom is -0.389 e. The van der Waals surface area contributed by atoms with Gasteiger partial charge in [0.1, 0.15) is 6.10 Å². The van der Waals surface area contributed by atoms with Crippen LogP contribution in [0.25, 0.3) is 10.8 Å². The second-order valence-corrected chi connectivity index (χ2v) is 4.83. The van der Waals surface area contributed by atoms with Gasteiger partial charge in [-0.3, -0.25) is 0 Å². The van der Waals surface area contributed by atoms with Crippen molar-refractivity contribution in [3.05, 3.63) is 47.5 Å². The quantitative estimate of drug-likeness (QED) is 0.855. The van der Waals surface area contributed by atoms with E-state index in [-0.39, 0.29) is 0 Å². The van der Waals surface area contributed by atoms with E-state index in [9.17, 15) is 10.2 Å². The molecule has 0 aliphatic rings. The fourth-order valence-corrected chi connectivity index (χ4v) is 2.43. The van der Waals surface area contributed by atoms with Gasteiger partial charge in [0, 0.05) is 5.33 Å². The normalized spacial score (nSPS) is 14.8. The molecule has 0 aromatic heterocycles. The first kappa shape index (κ1) is 12.6. The third-order valence-corrected chi connectivity index (χ3v) is 3.67. The van der Waals surface area contributed by atoms with Crippen LogP contribution in [0.1, 0.15) is 17.2 Å². The number of hydrogen-bond acceptors (Lipinski definition) is 2. The number of benzene rings is 2. The van der Waals surface area contributed by atoms with Gasteiger partial charge in [0.2, 0.25) is 0 Å². The third kappa shape index (κ3) is 2.37. The molecular weight excluding hydrogens is 280 g/mol. The lowest BCUT2D eigenvalue weighted by Gasteiger charge is -2.20. The van der Waals surface area contributed by atoms with Crippen LogP contribution in [0.15, 0.2) is 36.4 Å². The van der Waals surface area contributed by atoms with E-state index in [1.807, 2.05) is 43.3 Å². The Bertz CT molecular complexity index is 525. The maximum absolute atomic E-state index is 10.2. The van der Waals surface area contributed by atoms with Crippen LogP contribution in [-0.4, -0.2) is 21.6 Å². The van der Waals surface area contributed by atoms with Crippen molar-refractivity contribution < 1.29 is 10.2 Å². The van der Waals surface area contributed by atoms with E-state index in [0.29, 0.717) is 5.33 Å². The highest BCUT2D eigenvalue weighted by atomic mass is 79.9. The Morgan fingerprint density at radius 3 is 2.53 bits per heavy atom. The summed E-state index contributed by atoms with van der Waals surface area (Å²) in [4.78, 5) is 0. The van der Waals surface area contributed by atoms with Gasteiger partial charge in [-0.05, 0) is 28.8 Å². The highest BCUT2D eigenvalue weighted by Crippen LogP contribution is 2.29. The molecule has 0 aliphatic heterocycles. The van der Waals surface area contributed by atoms with Crippen LogP contribution in [0.3, 0.4) is 0 Å². The van der Waals surface area contributed by atoms with E-state index in [2.05, 4.69) is 15.9 Å². The van der Waals surface area contributed by atoms with Gasteiger partial charge in [0.05, 0.1) is 6.10 Å². The molecule has 0 bridgehead atoms. The average Bonchev–Trinajstić information content (AvgIpc) is 2.37. The predicted octanol–water partition coefficient (Wildman–Crippen LogP) is 2.94. The number of fused-ring (bicyclic) bond motifs is 1. The molecule has 0 amide bonds. The molecule has 0 heterocycles. The molecule has 2 N–H and O–H groups in total. The first-order valence-electron chi connectivity index (χ1n) is 5.55. The Kier molecular flexibility index (Phi) is 3.82. The lowest BCUT2D eigenvalue weighted by Crippen LogP contribution is -2.20. The van der Waals surface area contributed by atoms with Crippen LogP contribution in [0, 0.1) is 6.92 Å². The van der Waals surface area contributed by atoms with E-state index in [0.717, 1.165) is 21.9 Å². The molecule has 2 aromatic rings. The molecule has 0 saturated carbocycles.